The lowest BCUT2D eigenvalue weighted by Gasteiger charge is -2.26. The SMILES string of the molecule is c1ccc(-c2cccc(N(c3ccc(-c4ccc5c6ccc7ccccc7c6n(-c6ccccc6)c5c4)cc3)c3ccc(-c4cccc5oc6ccccc6c45)cc3)c2)cc1. The molecule has 61 heavy (non-hydrogen) atoms. The second-order valence-electron chi connectivity index (χ2n) is 15.7. The van der Waals surface area contributed by atoms with Crippen molar-refractivity contribution in [3.05, 3.63) is 231 Å². The molecule has 0 fully saturated rings. The number of para-hydroxylation sites is 2. The molecule has 0 N–H and O–H groups in total. The molecule has 0 amide bonds. The molecule has 0 saturated carbocycles. The quantitative estimate of drug-likeness (QED) is 0.161. The Morgan fingerprint density at radius 2 is 0.934 bits per heavy atom. The number of fused-ring (bicyclic) bond motifs is 8. The largest absolute Gasteiger partial charge is 0.456 e. The maximum Gasteiger partial charge on any atom is 0.136 e. The zero-order valence-electron chi connectivity index (χ0n) is 33.2. The van der Waals surface area contributed by atoms with Crippen molar-refractivity contribution in [3.8, 4) is 39.1 Å². The van der Waals surface area contributed by atoms with Crippen molar-refractivity contribution in [2.45, 2.75) is 0 Å². The first-order chi connectivity index (χ1) is 30.2. The molecule has 2 aromatic heterocycles. The summed E-state index contributed by atoms with van der Waals surface area (Å²) in [5, 5.41) is 7.27. The van der Waals surface area contributed by atoms with Crippen LogP contribution < -0.4 is 4.90 Å². The minimum absolute atomic E-state index is 0.899. The number of nitrogens with zero attached hydrogens (tertiary/aromatic N) is 2. The summed E-state index contributed by atoms with van der Waals surface area (Å²) in [7, 11) is 0. The maximum atomic E-state index is 6.25. The van der Waals surface area contributed by atoms with Gasteiger partial charge in [-0.15, -0.1) is 0 Å². The first kappa shape index (κ1) is 34.9. The van der Waals surface area contributed by atoms with Crippen LogP contribution in [0.3, 0.4) is 0 Å². The summed E-state index contributed by atoms with van der Waals surface area (Å²) in [5.74, 6) is 0. The van der Waals surface area contributed by atoms with Crippen molar-refractivity contribution >= 4 is 71.6 Å². The van der Waals surface area contributed by atoms with Gasteiger partial charge in [0.1, 0.15) is 11.2 Å². The molecule has 0 saturated heterocycles. The van der Waals surface area contributed by atoms with Gasteiger partial charge in [-0.25, -0.2) is 0 Å². The van der Waals surface area contributed by atoms with Gasteiger partial charge < -0.3 is 13.9 Å². The zero-order valence-corrected chi connectivity index (χ0v) is 33.2. The van der Waals surface area contributed by atoms with Gasteiger partial charge in [-0.05, 0) is 105 Å². The molecule has 0 spiro atoms. The van der Waals surface area contributed by atoms with Gasteiger partial charge in [0.25, 0.3) is 0 Å². The highest BCUT2D eigenvalue weighted by atomic mass is 16.3. The Morgan fingerprint density at radius 3 is 1.74 bits per heavy atom. The van der Waals surface area contributed by atoms with Crippen molar-refractivity contribution in [1.29, 1.82) is 0 Å². The highest BCUT2D eigenvalue weighted by Gasteiger charge is 2.19. The van der Waals surface area contributed by atoms with Gasteiger partial charge in [0.2, 0.25) is 0 Å². The molecule has 0 aliphatic heterocycles. The van der Waals surface area contributed by atoms with Crippen LogP contribution >= 0.6 is 0 Å². The van der Waals surface area contributed by atoms with Crippen LogP contribution in [0.15, 0.2) is 235 Å². The van der Waals surface area contributed by atoms with E-state index in [-0.39, 0.29) is 0 Å². The summed E-state index contributed by atoms with van der Waals surface area (Å²) in [6.07, 6.45) is 0. The van der Waals surface area contributed by atoms with Gasteiger partial charge in [-0.3, -0.25) is 0 Å². The molecule has 3 heteroatoms. The second-order valence-corrected chi connectivity index (χ2v) is 15.7. The van der Waals surface area contributed by atoms with Crippen LogP contribution in [0.5, 0.6) is 0 Å². The normalized spacial score (nSPS) is 11.6. The van der Waals surface area contributed by atoms with Crippen LogP contribution in [0.25, 0.3) is 93.6 Å². The minimum Gasteiger partial charge on any atom is -0.456 e. The topological polar surface area (TPSA) is 21.3 Å². The van der Waals surface area contributed by atoms with Crippen LogP contribution in [-0.2, 0) is 0 Å². The molecule has 0 unspecified atom stereocenters. The van der Waals surface area contributed by atoms with Gasteiger partial charge in [-0.1, -0.05) is 164 Å². The van der Waals surface area contributed by atoms with Gasteiger partial charge in [0, 0.05) is 49.7 Å². The van der Waals surface area contributed by atoms with Crippen molar-refractivity contribution in [2.75, 3.05) is 4.90 Å². The lowest BCUT2D eigenvalue weighted by molar-refractivity contribution is 0.669. The van der Waals surface area contributed by atoms with Gasteiger partial charge in [-0.2, -0.15) is 0 Å². The molecule has 12 aromatic rings. The summed E-state index contributed by atoms with van der Waals surface area (Å²) in [6.45, 7) is 0. The molecule has 12 rings (SSSR count). The summed E-state index contributed by atoms with van der Waals surface area (Å²) >= 11 is 0. The Morgan fingerprint density at radius 1 is 0.344 bits per heavy atom. The smallest absolute Gasteiger partial charge is 0.136 e. The van der Waals surface area contributed by atoms with E-state index in [0.717, 1.165) is 61.4 Å². The number of hydrogen-bond acceptors (Lipinski definition) is 2. The number of rotatable bonds is 7. The lowest BCUT2D eigenvalue weighted by Crippen LogP contribution is -2.10. The van der Waals surface area contributed by atoms with E-state index in [1.165, 1.54) is 49.3 Å². The molecule has 0 bridgehead atoms. The summed E-state index contributed by atoms with van der Waals surface area (Å²) < 4.78 is 8.68. The van der Waals surface area contributed by atoms with Crippen molar-refractivity contribution < 1.29 is 4.42 Å². The number of aromatic nitrogens is 1. The molecule has 10 aromatic carbocycles. The number of anilines is 3. The van der Waals surface area contributed by atoms with E-state index in [2.05, 4.69) is 228 Å². The van der Waals surface area contributed by atoms with E-state index < -0.39 is 0 Å². The van der Waals surface area contributed by atoms with Gasteiger partial charge in [0.15, 0.2) is 0 Å². The fraction of sp³-hybridized carbons (Fsp3) is 0. The van der Waals surface area contributed by atoms with E-state index in [9.17, 15) is 0 Å². The third kappa shape index (κ3) is 5.90. The van der Waals surface area contributed by atoms with Crippen molar-refractivity contribution in [2.24, 2.45) is 0 Å². The van der Waals surface area contributed by atoms with Crippen LogP contribution in [0.4, 0.5) is 17.1 Å². The number of hydrogen-bond donors (Lipinski definition) is 0. The van der Waals surface area contributed by atoms with E-state index in [1.807, 2.05) is 12.1 Å². The average molecular weight is 779 g/mol. The number of furan rings is 1. The zero-order chi connectivity index (χ0) is 40.3. The minimum atomic E-state index is 0.899. The molecular formula is C58H38N2O. The van der Waals surface area contributed by atoms with Crippen LogP contribution in [0.2, 0.25) is 0 Å². The van der Waals surface area contributed by atoms with Gasteiger partial charge in [0.05, 0.1) is 11.0 Å². The molecule has 0 aliphatic rings. The second kappa shape index (κ2) is 14.3. The Balaban J connectivity index is 0.971. The highest BCUT2D eigenvalue weighted by Crippen LogP contribution is 2.42. The van der Waals surface area contributed by atoms with Gasteiger partial charge >= 0.3 is 0 Å². The standard InChI is InChI=1S/C58H38N2O/c1-3-13-39(14-4-1)43-16-11-19-48(37-43)59(47-33-27-42(28-34-47)49-22-12-24-56-57(49)53-21-9-10-23-55(53)61-56)46-31-25-40(26-32-46)44-30-35-51-52-36-29-41-15-7-8-20-50(41)58(52)60(54(51)38-44)45-17-5-2-6-18-45/h1-38H. The maximum absolute atomic E-state index is 6.25. The van der Waals surface area contributed by atoms with Crippen LogP contribution in [0, 0.1) is 0 Å². The van der Waals surface area contributed by atoms with Crippen LogP contribution in [0.1, 0.15) is 0 Å². The third-order valence-corrected chi connectivity index (χ3v) is 12.2. The summed E-state index contributed by atoms with van der Waals surface area (Å²) in [6, 6.07) is 82.9. The summed E-state index contributed by atoms with van der Waals surface area (Å²) in [5.41, 5.74) is 15.6. The van der Waals surface area contributed by atoms with Crippen molar-refractivity contribution in [1.82, 2.24) is 4.57 Å². The molecule has 3 nitrogen and oxygen atoms in total. The van der Waals surface area contributed by atoms with E-state index in [4.69, 9.17) is 4.42 Å². The van der Waals surface area contributed by atoms with E-state index in [0.29, 0.717) is 0 Å². The first-order valence-electron chi connectivity index (χ1n) is 20.8. The Labute approximate surface area is 353 Å². The fourth-order valence-electron chi connectivity index (χ4n) is 9.31. The average Bonchev–Trinajstić information content (AvgIpc) is 3.89. The Bertz CT molecular complexity index is 3560. The third-order valence-electron chi connectivity index (χ3n) is 12.2. The molecule has 0 aliphatic carbocycles. The molecular weight excluding hydrogens is 741 g/mol. The van der Waals surface area contributed by atoms with E-state index >= 15 is 0 Å². The lowest BCUT2D eigenvalue weighted by atomic mass is 9.98. The summed E-state index contributed by atoms with van der Waals surface area (Å²) in [4.78, 5) is 2.36. The molecule has 286 valence electrons. The predicted molar refractivity (Wildman–Crippen MR) is 257 cm³/mol. The molecule has 0 radical (unpaired) electrons. The monoisotopic (exact) mass is 778 g/mol. The van der Waals surface area contributed by atoms with Crippen LogP contribution in [-0.4, -0.2) is 4.57 Å². The molecule has 0 atom stereocenters. The highest BCUT2D eigenvalue weighted by molar-refractivity contribution is 6.19. The Hall–Kier alpha value is -8.14. The molecule has 2 heterocycles. The van der Waals surface area contributed by atoms with Crippen molar-refractivity contribution in [3.63, 3.8) is 0 Å². The number of benzene rings is 10. The Kier molecular flexibility index (Phi) is 8.17. The fourth-order valence-corrected chi connectivity index (χ4v) is 9.31. The van der Waals surface area contributed by atoms with E-state index in [1.54, 1.807) is 0 Å². The predicted octanol–water partition coefficient (Wildman–Crippen LogP) is 16.3. The first-order valence-corrected chi connectivity index (χ1v) is 20.8.